The molecule has 4 rings (SSSR count). The zero-order valence-electron chi connectivity index (χ0n) is 16.1. The summed E-state index contributed by atoms with van der Waals surface area (Å²) in [6, 6.07) is 17.7. The maximum absolute atomic E-state index is 12.2. The second kappa shape index (κ2) is 9.02. The Bertz CT molecular complexity index is 935. The van der Waals surface area contributed by atoms with E-state index in [1.165, 1.54) is 16.9 Å². The van der Waals surface area contributed by atoms with Crippen LogP contribution in [-0.2, 0) is 17.8 Å². The van der Waals surface area contributed by atoms with Crippen molar-refractivity contribution in [2.45, 2.75) is 13.0 Å². The van der Waals surface area contributed by atoms with Gasteiger partial charge in [-0.25, -0.2) is 0 Å². The van der Waals surface area contributed by atoms with Gasteiger partial charge in [0, 0.05) is 38.4 Å². The molecule has 1 aliphatic rings. The number of aromatic nitrogens is 2. The van der Waals surface area contributed by atoms with E-state index in [4.69, 9.17) is 5.73 Å². The van der Waals surface area contributed by atoms with Crippen LogP contribution in [0.15, 0.2) is 54.6 Å². The van der Waals surface area contributed by atoms with Gasteiger partial charge in [0.2, 0.25) is 16.2 Å². The highest BCUT2D eigenvalue weighted by molar-refractivity contribution is 7.19. The molecule has 0 radical (unpaired) electrons. The van der Waals surface area contributed by atoms with Gasteiger partial charge in [-0.1, -0.05) is 53.8 Å². The summed E-state index contributed by atoms with van der Waals surface area (Å²) in [4.78, 5) is 16.9. The van der Waals surface area contributed by atoms with Crippen LogP contribution in [0, 0.1) is 0 Å². The second-order valence-electron chi connectivity index (χ2n) is 7.11. The fourth-order valence-corrected chi connectivity index (χ4v) is 4.13. The molecular weight excluding hydrogens is 384 g/mol. The maximum Gasteiger partial charge on any atom is 0.230 e. The highest BCUT2D eigenvalue weighted by Crippen LogP contribution is 2.25. The van der Waals surface area contributed by atoms with Crippen molar-refractivity contribution >= 4 is 33.2 Å². The first-order valence-electron chi connectivity index (χ1n) is 9.65. The lowest BCUT2D eigenvalue weighted by molar-refractivity contribution is -0.115. The number of carbonyl (C=O) groups excluding carboxylic acids is 1. The van der Waals surface area contributed by atoms with Crippen molar-refractivity contribution in [1.29, 1.82) is 0 Å². The summed E-state index contributed by atoms with van der Waals surface area (Å²) in [7, 11) is 0. The normalized spacial score (nSPS) is 14.7. The molecule has 7 nitrogen and oxygen atoms in total. The van der Waals surface area contributed by atoms with Gasteiger partial charge in [0.05, 0.1) is 6.42 Å². The molecule has 0 saturated carbocycles. The maximum atomic E-state index is 12.2. The molecule has 1 aliphatic heterocycles. The van der Waals surface area contributed by atoms with Crippen molar-refractivity contribution < 1.29 is 4.79 Å². The van der Waals surface area contributed by atoms with Crippen molar-refractivity contribution in [2.75, 3.05) is 42.1 Å². The van der Waals surface area contributed by atoms with Crippen LogP contribution in [0.1, 0.15) is 11.1 Å². The SMILES string of the molecule is Nc1ccc(CN2CCN(c3nnc(NC(=O)Cc4ccccc4)s3)CC2)cc1. The molecule has 0 unspecified atom stereocenters. The number of hydrogen-bond donors (Lipinski definition) is 2. The van der Waals surface area contributed by atoms with E-state index in [1.54, 1.807) is 0 Å². The minimum atomic E-state index is -0.0767. The molecule has 150 valence electrons. The van der Waals surface area contributed by atoms with Gasteiger partial charge in [0.1, 0.15) is 0 Å². The number of piperazine rings is 1. The number of anilines is 3. The second-order valence-corrected chi connectivity index (χ2v) is 8.06. The molecule has 1 saturated heterocycles. The first-order valence-corrected chi connectivity index (χ1v) is 10.5. The zero-order chi connectivity index (χ0) is 20.1. The molecular formula is C21H24N6OS. The Balaban J connectivity index is 1.26. The first-order chi connectivity index (χ1) is 14.2. The molecule has 2 aromatic carbocycles. The Morgan fingerprint density at radius 3 is 2.41 bits per heavy atom. The van der Waals surface area contributed by atoms with Gasteiger partial charge in [0.25, 0.3) is 0 Å². The number of nitrogen functional groups attached to an aromatic ring is 1. The summed E-state index contributed by atoms with van der Waals surface area (Å²) in [6.07, 6.45) is 0.333. The Kier molecular flexibility index (Phi) is 6.02. The topological polar surface area (TPSA) is 87.4 Å². The third kappa shape index (κ3) is 5.30. The molecule has 29 heavy (non-hydrogen) atoms. The molecule has 1 aromatic heterocycles. The summed E-state index contributed by atoms with van der Waals surface area (Å²) < 4.78 is 0. The van der Waals surface area contributed by atoms with Gasteiger partial charge in [-0.2, -0.15) is 0 Å². The molecule has 3 N–H and O–H groups in total. The number of amides is 1. The van der Waals surface area contributed by atoms with Crippen LogP contribution in [0.25, 0.3) is 0 Å². The van der Waals surface area contributed by atoms with E-state index in [0.29, 0.717) is 11.6 Å². The van der Waals surface area contributed by atoms with Crippen molar-refractivity contribution in [1.82, 2.24) is 15.1 Å². The zero-order valence-corrected chi connectivity index (χ0v) is 16.9. The minimum absolute atomic E-state index is 0.0767. The number of benzene rings is 2. The van der Waals surface area contributed by atoms with Crippen molar-refractivity contribution in [3.8, 4) is 0 Å². The Hall–Kier alpha value is -2.97. The first kappa shape index (κ1) is 19.4. The predicted octanol–water partition coefficient (Wildman–Crippen LogP) is 2.62. The summed E-state index contributed by atoms with van der Waals surface area (Å²) in [5.41, 5.74) is 8.80. The third-order valence-electron chi connectivity index (χ3n) is 4.90. The smallest absolute Gasteiger partial charge is 0.230 e. The van der Waals surface area contributed by atoms with E-state index >= 15 is 0 Å². The lowest BCUT2D eigenvalue weighted by atomic mass is 10.1. The van der Waals surface area contributed by atoms with E-state index in [2.05, 4.69) is 37.4 Å². The average molecular weight is 409 g/mol. The molecule has 1 fully saturated rings. The van der Waals surface area contributed by atoms with Gasteiger partial charge < -0.3 is 16.0 Å². The Morgan fingerprint density at radius 2 is 1.69 bits per heavy atom. The van der Waals surface area contributed by atoms with E-state index in [0.717, 1.165) is 49.1 Å². The molecule has 3 aromatic rings. The van der Waals surface area contributed by atoms with Crippen molar-refractivity contribution in [3.05, 3.63) is 65.7 Å². The monoisotopic (exact) mass is 408 g/mol. The molecule has 8 heteroatoms. The fraction of sp³-hybridized carbons (Fsp3) is 0.286. The van der Waals surface area contributed by atoms with Gasteiger partial charge in [-0.05, 0) is 23.3 Å². The molecule has 0 bridgehead atoms. The van der Waals surface area contributed by atoms with Crippen LogP contribution in [0.2, 0.25) is 0 Å². The number of nitrogens with one attached hydrogen (secondary N) is 1. The highest BCUT2D eigenvalue weighted by atomic mass is 32.1. The quantitative estimate of drug-likeness (QED) is 0.610. The summed E-state index contributed by atoms with van der Waals surface area (Å²) in [5, 5.41) is 12.7. The molecule has 0 atom stereocenters. The predicted molar refractivity (Wildman–Crippen MR) is 117 cm³/mol. The Labute approximate surface area is 174 Å². The lowest BCUT2D eigenvalue weighted by Gasteiger charge is -2.34. The largest absolute Gasteiger partial charge is 0.399 e. The van der Waals surface area contributed by atoms with Crippen molar-refractivity contribution in [3.63, 3.8) is 0 Å². The third-order valence-corrected chi connectivity index (χ3v) is 5.80. The minimum Gasteiger partial charge on any atom is -0.399 e. The van der Waals surface area contributed by atoms with Crippen LogP contribution < -0.4 is 16.0 Å². The van der Waals surface area contributed by atoms with Gasteiger partial charge in [-0.3, -0.25) is 9.69 Å². The van der Waals surface area contributed by atoms with Crippen LogP contribution in [0.4, 0.5) is 16.0 Å². The van der Waals surface area contributed by atoms with Crippen LogP contribution in [0.3, 0.4) is 0 Å². The molecule has 0 spiro atoms. The number of hydrogen-bond acceptors (Lipinski definition) is 7. The van der Waals surface area contributed by atoms with Crippen LogP contribution in [0.5, 0.6) is 0 Å². The molecule has 0 aliphatic carbocycles. The van der Waals surface area contributed by atoms with E-state index in [9.17, 15) is 4.79 Å². The van der Waals surface area contributed by atoms with E-state index < -0.39 is 0 Å². The summed E-state index contributed by atoms with van der Waals surface area (Å²) in [6.45, 7) is 4.62. The van der Waals surface area contributed by atoms with Crippen LogP contribution >= 0.6 is 11.3 Å². The molecule has 2 heterocycles. The van der Waals surface area contributed by atoms with E-state index in [-0.39, 0.29) is 5.91 Å². The Morgan fingerprint density at radius 1 is 0.966 bits per heavy atom. The number of nitrogens with zero attached hydrogens (tertiary/aromatic N) is 4. The van der Waals surface area contributed by atoms with Crippen molar-refractivity contribution in [2.24, 2.45) is 0 Å². The van der Waals surface area contributed by atoms with Gasteiger partial charge in [0.15, 0.2) is 0 Å². The number of rotatable bonds is 6. The summed E-state index contributed by atoms with van der Waals surface area (Å²) in [5.74, 6) is -0.0767. The summed E-state index contributed by atoms with van der Waals surface area (Å²) >= 11 is 1.42. The van der Waals surface area contributed by atoms with Gasteiger partial charge >= 0.3 is 0 Å². The number of carbonyl (C=O) groups is 1. The van der Waals surface area contributed by atoms with E-state index in [1.807, 2.05) is 42.5 Å². The van der Waals surface area contributed by atoms with Crippen LogP contribution in [-0.4, -0.2) is 47.2 Å². The standard InChI is InChI=1S/C21H24N6OS/c22-18-8-6-17(7-9-18)15-26-10-12-27(13-11-26)21-25-24-20(29-21)23-19(28)14-16-4-2-1-3-5-16/h1-9H,10-15,22H2,(H,23,24,28). The molecule has 1 amide bonds. The van der Waals surface area contributed by atoms with Gasteiger partial charge in [-0.15, -0.1) is 10.2 Å². The number of nitrogens with two attached hydrogens (primary N) is 1. The fourth-order valence-electron chi connectivity index (χ4n) is 3.32. The average Bonchev–Trinajstić information content (AvgIpc) is 3.19. The lowest BCUT2D eigenvalue weighted by Crippen LogP contribution is -2.45. The highest BCUT2D eigenvalue weighted by Gasteiger charge is 2.20.